The van der Waals surface area contributed by atoms with Crippen LogP contribution in [0.1, 0.15) is 0 Å². The summed E-state index contributed by atoms with van der Waals surface area (Å²) in [6, 6.07) is 0. The van der Waals surface area contributed by atoms with Crippen LogP contribution in [0.25, 0.3) is 0 Å². The fraction of sp³-hybridized carbons (Fsp3) is 0.333. The van der Waals surface area contributed by atoms with Gasteiger partial charge in [-0.05, 0) is 0 Å². The van der Waals surface area contributed by atoms with Crippen molar-refractivity contribution < 1.29 is 0 Å². The molecule has 0 atom stereocenters. The van der Waals surface area contributed by atoms with Gasteiger partial charge in [0.2, 0.25) is 0 Å². The Kier molecular flexibility index (Phi) is 1.56. The van der Waals surface area contributed by atoms with E-state index in [-0.39, 0.29) is 0 Å². The molecule has 1 rings (SSSR count). The highest BCUT2D eigenvalue weighted by Gasteiger charge is 1.92. The van der Waals surface area contributed by atoms with Gasteiger partial charge in [-0.15, -0.1) is 0 Å². The van der Waals surface area contributed by atoms with Crippen molar-refractivity contribution in [2.75, 3.05) is 5.75 Å². The average molecular weight is 117 g/mol. The third-order valence-corrected chi connectivity index (χ3v) is 1.31. The molecular formula is C3H7N3S. The van der Waals surface area contributed by atoms with Crippen LogP contribution in [0.3, 0.4) is 0 Å². The predicted octanol–water partition coefficient (Wildman–Crippen LogP) is -0.158. The number of rotatable bonds is 0. The summed E-state index contributed by atoms with van der Waals surface area (Å²) in [5.41, 5.74) is 0. The summed E-state index contributed by atoms with van der Waals surface area (Å²) in [6.07, 6.45) is 3.78. The first-order valence-corrected chi connectivity index (χ1v) is 2.96. The minimum atomic E-state index is 0.994. The Morgan fingerprint density at radius 3 is 3.00 bits per heavy atom. The number of hydrogen-bond acceptors (Lipinski definition) is 4. The van der Waals surface area contributed by atoms with Gasteiger partial charge in [0.1, 0.15) is 0 Å². The van der Waals surface area contributed by atoms with E-state index in [1.54, 1.807) is 18.1 Å². The monoisotopic (exact) mass is 117 g/mol. The van der Waals surface area contributed by atoms with Crippen LogP contribution in [0.4, 0.5) is 0 Å². The summed E-state index contributed by atoms with van der Waals surface area (Å²) >= 11 is 1.57. The van der Waals surface area contributed by atoms with E-state index in [2.05, 4.69) is 4.83 Å². The van der Waals surface area contributed by atoms with Gasteiger partial charge in [0.25, 0.3) is 0 Å². The zero-order valence-electron chi connectivity index (χ0n) is 3.79. The second-order valence-electron chi connectivity index (χ2n) is 1.19. The summed E-state index contributed by atoms with van der Waals surface area (Å²) in [5.74, 6) is 6.24. The lowest BCUT2D eigenvalue weighted by Gasteiger charge is -2.16. The quantitative estimate of drug-likeness (QED) is 0.342. The predicted molar refractivity (Wildman–Crippen MR) is 30.8 cm³/mol. The maximum atomic E-state index is 5.25. The number of hydrogen-bond donors (Lipinski definition) is 2. The van der Waals surface area contributed by atoms with Gasteiger partial charge in [0.05, 0.1) is 0 Å². The van der Waals surface area contributed by atoms with E-state index in [9.17, 15) is 0 Å². The highest BCUT2D eigenvalue weighted by Crippen LogP contribution is 1.98. The molecule has 0 bridgehead atoms. The lowest BCUT2D eigenvalue weighted by atomic mass is 10.7. The van der Waals surface area contributed by atoms with Crippen molar-refractivity contribution in [2.24, 2.45) is 5.84 Å². The van der Waals surface area contributed by atoms with Crippen LogP contribution in [0.15, 0.2) is 12.3 Å². The molecule has 3 nitrogen and oxygen atoms in total. The number of hydrazine groups is 2. The van der Waals surface area contributed by atoms with E-state index < -0.39 is 0 Å². The molecule has 1 heterocycles. The fourth-order valence-corrected chi connectivity index (χ4v) is 0.814. The molecular weight excluding hydrogens is 110 g/mol. The van der Waals surface area contributed by atoms with Gasteiger partial charge in [-0.1, -0.05) is 18.0 Å². The van der Waals surface area contributed by atoms with Crippen molar-refractivity contribution in [3.05, 3.63) is 12.3 Å². The molecule has 0 aromatic heterocycles. The van der Waals surface area contributed by atoms with Crippen molar-refractivity contribution in [1.29, 1.82) is 0 Å². The van der Waals surface area contributed by atoms with Crippen molar-refractivity contribution in [1.82, 2.24) is 9.95 Å². The first-order valence-electron chi connectivity index (χ1n) is 1.97. The van der Waals surface area contributed by atoms with Crippen LogP contribution in [0.5, 0.6) is 0 Å². The third-order valence-electron chi connectivity index (χ3n) is 0.616. The molecule has 0 aliphatic carbocycles. The minimum Gasteiger partial charge on any atom is -0.242 e. The Morgan fingerprint density at radius 1 is 1.86 bits per heavy atom. The van der Waals surface area contributed by atoms with Gasteiger partial charge >= 0.3 is 0 Å². The second-order valence-corrected chi connectivity index (χ2v) is 2.00. The molecule has 40 valence electrons. The van der Waals surface area contributed by atoms with E-state index in [4.69, 9.17) is 5.84 Å². The zero-order chi connectivity index (χ0) is 5.11. The molecule has 1 aliphatic rings. The standard InChI is InChI=1S/C3H7N3S/c4-6-2-1-3-7-5-6/h1-2,5H,3-4H2. The summed E-state index contributed by atoms with van der Waals surface area (Å²) in [4.78, 5) is 2.82. The van der Waals surface area contributed by atoms with E-state index in [0.717, 1.165) is 5.75 Å². The molecule has 0 fully saturated rings. The van der Waals surface area contributed by atoms with Crippen molar-refractivity contribution in [3.8, 4) is 0 Å². The van der Waals surface area contributed by atoms with Gasteiger partial charge in [0.15, 0.2) is 0 Å². The Balaban J connectivity index is 2.36. The van der Waals surface area contributed by atoms with E-state index >= 15 is 0 Å². The van der Waals surface area contributed by atoms with Crippen LogP contribution < -0.4 is 10.7 Å². The van der Waals surface area contributed by atoms with Gasteiger partial charge in [-0.25, -0.2) is 11.0 Å². The molecule has 0 saturated heterocycles. The normalized spacial score (nSPS) is 20.4. The first kappa shape index (κ1) is 4.96. The SMILES string of the molecule is NN1C=CCSN1. The largest absolute Gasteiger partial charge is 0.242 e. The maximum Gasteiger partial charge on any atom is 0.0316 e. The van der Waals surface area contributed by atoms with Gasteiger partial charge in [-0.2, -0.15) is 4.83 Å². The first-order chi connectivity index (χ1) is 3.39. The summed E-state index contributed by atoms with van der Waals surface area (Å²) in [6.45, 7) is 0. The Morgan fingerprint density at radius 2 is 2.71 bits per heavy atom. The summed E-state index contributed by atoms with van der Waals surface area (Å²) in [5, 5.41) is 1.42. The smallest absolute Gasteiger partial charge is 0.0316 e. The van der Waals surface area contributed by atoms with Crippen LogP contribution in [0.2, 0.25) is 0 Å². The summed E-state index contributed by atoms with van der Waals surface area (Å²) < 4.78 is 0. The van der Waals surface area contributed by atoms with Crippen LogP contribution in [0, 0.1) is 0 Å². The zero-order valence-corrected chi connectivity index (χ0v) is 4.61. The van der Waals surface area contributed by atoms with Crippen molar-refractivity contribution >= 4 is 11.9 Å². The topological polar surface area (TPSA) is 41.3 Å². The molecule has 0 spiro atoms. The fourth-order valence-electron chi connectivity index (χ4n) is 0.347. The number of nitrogens with zero attached hydrogens (tertiary/aromatic N) is 1. The molecule has 7 heavy (non-hydrogen) atoms. The van der Waals surface area contributed by atoms with E-state index in [0.29, 0.717) is 0 Å². The maximum absolute atomic E-state index is 5.25. The molecule has 4 heteroatoms. The van der Waals surface area contributed by atoms with Gasteiger partial charge < -0.3 is 0 Å². The lowest BCUT2D eigenvalue weighted by molar-refractivity contribution is 0.366. The van der Waals surface area contributed by atoms with Crippen molar-refractivity contribution in [3.63, 3.8) is 0 Å². The average Bonchev–Trinajstić information content (AvgIpc) is 1.69. The van der Waals surface area contributed by atoms with Crippen LogP contribution >= 0.6 is 11.9 Å². The highest BCUT2D eigenvalue weighted by molar-refractivity contribution is 7.97. The second kappa shape index (κ2) is 2.20. The highest BCUT2D eigenvalue weighted by atomic mass is 32.2. The summed E-state index contributed by atoms with van der Waals surface area (Å²) in [7, 11) is 0. The van der Waals surface area contributed by atoms with Crippen LogP contribution in [-0.4, -0.2) is 10.9 Å². The molecule has 1 aliphatic heterocycles. The molecule has 3 N–H and O–H groups in total. The van der Waals surface area contributed by atoms with Crippen molar-refractivity contribution in [2.45, 2.75) is 0 Å². The molecule has 0 aromatic carbocycles. The Bertz CT molecular complexity index is 82.2. The third kappa shape index (κ3) is 1.38. The number of nitrogens with two attached hydrogens (primary N) is 1. The van der Waals surface area contributed by atoms with E-state index in [1.807, 2.05) is 6.08 Å². The van der Waals surface area contributed by atoms with E-state index in [1.165, 1.54) is 5.12 Å². The molecule has 0 saturated carbocycles. The molecule has 0 amide bonds. The molecule has 0 unspecified atom stereocenters. The Hall–Kier alpha value is -0.190. The molecule has 0 aromatic rings. The van der Waals surface area contributed by atoms with Gasteiger partial charge in [0, 0.05) is 12.0 Å². The minimum absolute atomic E-state index is 0.994. The number of nitrogens with one attached hydrogen (secondary N) is 1. The Labute approximate surface area is 46.6 Å². The van der Waals surface area contributed by atoms with Crippen LogP contribution in [-0.2, 0) is 0 Å². The van der Waals surface area contributed by atoms with Gasteiger partial charge in [-0.3, -0.25) is 0 Å². The lowest BCUT2D eigenvalue weighted by Crippen LogP contribution is -2.36. The molecule has 0 radical (unpaired) electrons.